The van der Waals surface area contributed by atoms with Crippen LogP contribution >= 0.6 is 0 Å². The molecule has 0 spiro atoms. The molecule has 2 nitrogen and oxygen atoms in total. The standard InChI is InChI=1S/C16H26N2/c1-2-12-9-10-14-15(11-12)18-16(17-14)13-7-5-3-4-6-8-13/h12-13H,2-11H2,1H3,(H,17,18). The maximum absolute atomic E-state index is 4.93. The van der Waals surface area contributed by atoms with Crippen molar-refractivity contribution in [2.45, 2.75) is 77.0 Å². The fourth-order valence-electron chi connectivity index (χ4n) is 3.67. The average Bonchev–Trinajstić information content (AvgIpc) is 2.63. The molecule has 0 saturated heterocycles. The summed E-state index contributed by atoms with van der Waals surface area (Å²) in [5.74, 6) is 2.93. The number of imidazole rings is 1. The predicted molar refractivity (Wildman–Crippen MR) is 74.8 cm³/mol. The number of nitrogens with one attached hydrogen (secondary N) is 1. The molecule has 1 saturated carbocycles. The van der Waals surface area contributed by atoms with Crippen LogP contribution in [0.15, 0.2) is 0 Å². The Hall–Kier alpha value is -0.790. The summed E-state index contributed by atoms with van der Waals surface area (Å²) in [6.07, 6.45) is 13.5. The van der Waals surface area contributed by atoms with Crippen molar-refractivity contribution >= 4 is 0 Å². The molecule has 0 aliphatic heterocycles. The summed E-state index contributed by atoms with van der Waals surface area (Å²) in [6.45, 7) is 2.32. The molecule has 1 unspecified atom stereocenters. The average molecular weight is 246 g/mol. The summed E-state index contributed by atoms with van der Waals surface area (Å²) in [4.78, 5) is 8.61. The number of aryl methyl sites for hydroxylation is 1. The lowest BCUT2D eigenvalue weighted by atomic mass is 9.88. The van der Waals surface area contributed by atoms with E-state index in [9.17, 15) is 0 Å². The highest BCUT2D eigenvalue weighted by Gasteiger charge is 2.24. The maximum Gasteiger partial charge on any atom is 0.109 e. The topological polar surface area (TPSA) is 28.7 Å². The van der Waals surface area contributed by atoms with Crippen molar-refractivity contribution in [3.05, 3.63) is 17.2 Å². The second-order valence-electron chi connectivity index (χ2n) is 6.25. The van der Waals surface area contributed by atoms with E-state index in [4.69, 9.17) is 4.98 Å². The van der Waals surface area contributed by atoms with E-state index < -0.39 is 0 Å². The number of nitrogens with zero attached hydrogens (tertiary/aromatic N) is 1. The van der Waals surface area contributed by atoms with Crippen molar-refractivity contribution in [1.29, 1.82) is 0 Å². The fraction of sp³-hybridized carbons (Fsp3) is 0.812. The van der Waals surface area contributed by atoms with Gasteiger partial charge in [-0.15, -0.1) is 0 Å². The smallest absolute Gasteiger partial charge is 0.109 e. The van der Waals surface area contributed by atoms with Gasteiger partial charge in [-0.2, -0.15) is 0 Å². The van der Waals surface area contributed by atoms with Crippen LogP contribution in [0.3, 0.4) is 0 Å². The van der Waals surface area contributed by atoms with Crippen molar-refractivity contribution in [1.82, 2.24) is 9.97 Å². The van der Waals surface area contributed by atoms with E-state index in [1.807, 2.05) is 0 Å². The molecule has 3 rings (SSSR count). The number of hydrogen-bond donors (Lipinski definition) is 1. The summed E-state index contributed by atoms with van der Waals surface area (Å²) in [7, 11) is 0. The van der Waals surface area contributed by atoms with Gasteiger partial charge in [0, 0.05) is 11.6 Å². The minimum absolute atomic E-state index is 0.721. The van der Waals surface area contributed by atoms with Crippen LogP contribution in [0.25, 0.3) is 0 Å². The molecule has 1 N–H and O–H groups in total. The van der Waals surface area contributed by atoms with Crippen LogP contribution in [0.5, 0.6) is 0 Å². The number of aromatic nitrogens is 2. The summed E-state index contributed by atoms with van der Waals surface area (Å²) < 4.78 is 0. The van der Waals surface area contributed by atoms with Crippen LogP contribution in [-0.2, 0) is 12.8 Å². The van der Waals surface area contributed by atoms with Crippen molar-refractivity contribution in [3.63, 3.8) is 0 Å². The highest BCUT2D eigenvalue weighted by molar-refractivity contribution is 5.20. The van der Waals surface area contributed by atoms with E-state index in [1.54, 1.807) is 0 Å². The minimum atomic E-state index is 0.721. The number of H-pyrrole nitrogens is 1. The van der Waals surface area contributed by atoms with Crippen LogP contribution in [-0.4, -0.2) is 9.97 Å². The summed E-state index contributed by atoms with van der Waals surface area (Å²) >= 11 is 0. The molecule has 0 amide bonds. The second kappa shape index (κ2) is 5.46. The van der Waals surface area contributed by atoms with Crippen LogP contribution in [0.4, 0.5) is 0 Å². The van der Waals surface area contributed by atoms with Gasteiger partial charge in [-0.05, 0) is 38.0 Å². The van der Waals surface area contributed by atoms with Crippen molar-refractivity contribution in [2.75, 3.05) is 0 Å². The number of hydrogen-bond acceptors (Lipinski definition) is 1. The summed E-state index contributed by atoms with van der Waals surface area (Å²) in [5, 5.41) is 0. The van der Waals surface area contributed by atoms with E-state index in [2.05, 4.69) is 11.9 Å². The third kappa shape index (κ3) is 2.48. The molecule has 1 heterocycles. The van der Waals surface area contributed by atoms with Crippen LogP contribution < -0.4 is 0 Å². The molecule has 2 heteroatoms. The van der Waals surface area contributed by atoms with Crippen molar-refractivity contribution in [2.24, 2.45) is 5.92 Å². The molecule has 1 aromatic rings. The Morgan fingerprint density at radius 1 is 1.11 bits per heavy atom. The van der Waals surface area contributed by atoms with Crippen LogP contribution in [0.2, 0.25) is 0 Å². The molecule has 100 valence electrons. The first-order chi connectivity index (χ1) is 8.86. The van der Waals surface area contributed by atoms with Gasteiger partial charge in [0.25, 0.3) is 0 Å². The highest BCUT2D eigenvalue weighted by Crippen LogP contribution is 2.33. The normalized spacial score (nSPS) is 25.7. The Labute approximate surface area is 111 Å². The van der Waals surface area contributed by atoms with Gasteiger partial charge in [0.05, 0.1) is 5.69 Å². The minimum Gasteiger partial charge on any atom is -0.345 e. The van der Waals surface area contributed by atoms with Gasteiger partial charge in [0.1, 0.15) is 5.82 Å². The Morgan fingerprint density at radius 2 is 1.89 bits per heavy atom. The predicted octanol–water partition coefficient (Wildman–Crippen LogP) is 4.36. The fourth-order valence-corrected chi connectivity index (χ4v) is 3.67. The van der Waals surface area contributed by atoms with Gasteiger partial charge in [0.2, 0.25) is 0 Å². The van der Waals surface area contributed by atoms with Gasteiger partial charge in [-0.1, -0.05) is 39.0 Å². The molecular formula is C16H26N2. The summed E-state index contributed by atoms with van der Waals surface area (Å²) in [5.41, 5.74) is 2.85. The van der Waals surface area contributed by atoms with Crippen LogP contribution in [0.1, 0.15) is 81.4 Å². The number of rotatable bonds is 2. The first-order valence-corrected chi connectivity index (χ1v) is 7.94. The lowest BCUT2D eigenvalue weighted by Crippen LogP contribution is -2.12. The molecule has 1 atom stereocenters. The quantitative estimate of drug-likeness (QED) is 0.772. The monoisotopic (exact) mass is 246 g/mol. The van der Waals surface area contributed by atoms with Gasteiger partial charge in [0.15, 0.2) is 0 Å². The van der Waals surface area contributed by atoms with Crippen molar-refractivity contribution in [3.8, 4) is 0 Å². The number of fused-ring (bicyclic) bond motifs is 1. The molecule has 18 heavy (non-hydrogen) atoms. The molecular weight excluding hydrogens is 220 g/mol. The lowest BCUT2D eigenvalue weighted by Gasteiger charge is -2.19. The molecule has 2 aliphatic rings. The second-order valence-corrected chi connectivity index (χ2v) is 6.25. The van der Waals surface area contributed by atoms with E-state index in [1.165, 1.54) is 81.4 Å². The molecule has 1 aromatic heterocycles. The number of aromatic amines is 1. The van der Waals surface area contributed by atoms with Crippen molar-refractivity contribution < 1.29 is 0 Å². The molecule has 0 aromatic carbocycles. The molecule has 1 fully saturated rings. The summed E-state index contributed by atoms with van der Waals surface area (Å²) in [6, 6.07) is 0. The highest BCUT2D eigenvalue weighted by atomic mass is 14.9. The van der Waals surface area contributed by atoms with E-state index in [0.29, 0.717) is 0 Å². The SMILES string of the molecule is CCC1CCc2nc(C3CCCCCC3)[nH]c2C1. The van der Waals surface area contributed by atoms with E-state index in [0.717, 1.165) is 11.8 Å². The van der Waals surface area contributed by atoms with Gasteiger partial charge >= 0.3 is 0 Å². The molecule has 2 aliphatic carbocycles. The Balaban J connectivity index is 1.75. The van der Waals surface area contributed by atoms with E-state index in [-0.39, 0.29) is 0 Å². The van der Waals surface area contributed by atoms with Gasteiger partial charge < -0.3 is 4.98 Å². The maximum atomic E-state index is 4.93. The van der Waals surface area contributed by atoms with Gasteiger partial charge in [-0.3, -0.25) is 0 Å². The van der Waals surface area contributed by atoms with E-state index >= 15 is 0 Å². The van der Waals surface area contributed by atoms with Gasteiger partial charge in [-0.25, -0.2) is 4.98 Å². The third-order valence-corrected chi connectivity index (χ3v) is 4.98. The zero-order chi connectivity index (χ0) is 12.4. The first-order valence-electron chi connectivity index (χ1n) is 7.94. The third-order valence-electron chi connectivity index (χ3n) is 4.98. The van der Waals surface area contributed by atoms with Crippen LogP contribution in [0, 0.1) is 5.92 Å². The molecule has 0 bridgehead atoms. The Kier molecular flexibility index (Phi) is 3.72. The Morgan fingerprint density at radius 3 is 2.61 bits per heavy atom. The zero-order valence-electron chi connectivity index (χ0n) is 11.7. The lowest BCUT2D eigenvalue weighted by molar-refractivity contribution is 0.438. The Bertz CT molecular complexity index is 386. The molecule has 0 radical (unpaired) electrons. The first kappa shape index (κ1) is 12.3. The zero-order valence-corrected chi connectivity index (χ0v) is 11.7. The largest absolute Gasteiger partial charge is 0.345 e.